The molecule has 3 rings (SSSR count). The van der Waals surface area contributed by atoms with Gasteiger partial charge < -0.3 is 31.3 Å². The monoisotopic (exact) mass is 554 g/mol. The van der Waals surface area contributed by atoms with Crippen LogP contribution in [0.3, 0.4) is 0 Å². The molecule has 2 aromatic rings. The molecule has 206 valence electrons. The van der Waals surface area contributed by atoms with Gasteiger partial charge in [0, 0.05) is 34.6 Å². The average molecular weight is 556 g/mol. The molecule has 1 aliphatic heterocycles. The lowest BCUT2D eigenvalue weighted by Crippen LogP contribution is -2.53. The Balaban J connectivity index is 2.13. The molecule has 7 nitrogen and oxygen atoms in total. The fraction of sp³-hybridized carbons (Fsp3) is 0.571. The number of halogens is 2. The minimum Gasteiger partial charge on any atom is -0.395 e. The van der Waals surface area contributed by atoms with Gasteiger partial charge in [-0.25, -0.2) is 0 Å². The fourth-order valence-corrected chi connectivity index (χ4v) is 6.07. The van der Waals surface area contributed by atoms with Gasteiger partial charge >= 0.3 is 0 Å². The molecular weight excluding hydrogens is 515 g/mol. The number of hydrogen-bond acceptors (Lipinski definition) is 7. The van der Waals surface area contributed by atoms with Crippen LogP contribution in [0.1, 0.15) is 50.7 Å². The van der Waals surface area contributed by atoms with E-state index in [0.29, 0.717) is 23.0 Å². The van der Waals surface area contributed by atoms with Crippen LogP contribution >= 0.6 is 23.2 Å². The first-order valence-corrected chi connectivity index (χ1v) is 13.4. The lowest BCUT2D eigenvalue weighted by molar-refractivity contribution is -0.0815. The Bertz CT molecular complexity index is 1020. The molecule has 0 bridgehead atoms. The van der Waals surface area contributed by atoms with E-state index in [1.54, 1.807) is 6.07 Å². The molecule has 1 saturated heterocycles. The molecular formula is C28H40Cl2N2O5. The quantitative estimate of drug-likeness (QED) is 0.266. The number of hydrogen-bond donors (Lipinski definition) is 6. The van der Waals surface area contributed by atoms with Gasteiger partial charge in [0.2, 0.25) is 0 Å². The highest BCUT2D eigenvalue weighted by atomic mass is 35.5. The molecule has 0 aliphatic carbocycles. The minimum absolute atomic E-state index is 0.105. The van der Waals surface area contributed by atoms with Crippen molar-refractivity contribution < 1.29 is 25.5 Å². The molecule has 2 aromatic carbocycles. The topological polar surface area (TPSA) is 130 Å². The Morgan fingerprint density at radius 3 is 2.16 bits per heavy atom. The van der Waals surface area contributed by atoms with Gasteiger partial charge in [0.1, 0.15) is 12.2 Å². The molecule has 0 aromatic heterocycles. The van der Waals surface area contributed by atoms with E-state index in [1.807, 2.05) is 42.5 Å². The van der Waals surface area contributed by atoms with Gasteiger partial charge in [0.15, 0.2) is 0 Å². The summed E-state index contributed by atoms with van der Waals surface area (Å²) in [4.78, 5) is 2.12. The molecule has 37 heavy (non-hydrogen) atoms. The maximum absolute atomic E-state index is 10.7. The number of aliphatic hydroxyl groups is 5. The maximum Gasteiger partial charge on any atom is 0.108 e. The summed E-state index contributed by atoms with van der Waals surface area (Å²) in [5.41, 5.74) is 8.15. The summed E-state index contributed by atoms with van der Waals surface area (Å²) >= 11 is 12.6. The Morgan fingerprint density at radius 1 is 0.973 bits per heavy atom. The molecule has 0 radical (unpaired) electrons. The zero-order chi connectivity index (χ0) is 27.5. The fourth-order valence-electron chi connectivity index (χ4n) is 5.75. The van der Waals surface area contributed by atoms with Gasteiger partial charge in [-0.2, -0.15) is 0 Å². The van der Waals surface area contributed by atoms with E-state index in [-0.39, 0.29) is 30.4 Å². The van der Waals surface area contributed by atoms with Crippen LogP contribution in [0.5, 0.6) is 0 Å². The predicted octanol–water partition coefficient (Wildman–Crippen LogP) is 2.88. The highest BCUT2D eigenvalue weighted by Crippen LogP contribution is 2.52. The van der Waals surface area contributed by atoms with E-state index in [0.717, 1.165) is 11.1 Å². The molecule has 1 aliphatic rings. The minimum atomic E-state index is -1.50. The second-order valence-electron chi connectivity index (χ2n) is 11.3. The van der Waals surface area contributed by atoms with E-state index in [9.17, 15) is 25.5 Å². The number of aliphatic hydroxyl groups excluding tert-OH is 5. The van der Waals surface area contributed by atoms with Crippen molar-refractivity contribution in [1.29, 1.82) is 0 Å². The first kappa shape index (κ1) is 30.3. The van der Waals surface area contributed by atoms with Gasteiger partial charge in [0.25, 0.3) is 0 Å². The largest absolute Gasteiger partial charge is 0.395 e. The van der Waals surface area contributed by atoms with Crippen LogP contribution in [-0.4, -0.2) is 80.6 Å². The Hall–Kier alpha value is -1.26. The first-order valence-electron chi connectivity index (χ1n) is 12.7. The number of likely N-dealkylation sites (tertiary alicyclic amines) is 1. The lowest BCUT2D eigenvalue weighted by Gasteiger charge is -2.41. The molecule has 1 fully saturated rings. The van der Waals surface area contributed by atoms with Crippen molar-refractivity contribution in [3.05, 3.63) is 69.7 Å². The third-order valence-corrected chi connectivity index (χ3v) is 7.97. The summed E-state index contributed by atoms with van der Waals surface area (Å²) < 4.78 is 0. The summed E-state index contributed by atoms with van der Waals surface area (Å²) in [6.45, 7) is 5.83. The van der Waals surface area contributed by atoms with E-state index in [4.69, 9.17) is 28.9 Å². The van der Waals surface area contributed by atoms with Crippen molar-refractivity contribution in [2.24, 2.45) is 11.1 Å². The van der Waals surface area contributed by atoms with Crippen LogP contribution in [0.25, 0.3) is 0 Å². The van der Waals surface area contributed by atoms with E-state index >= 15 is 0 Å². The summed E-state index contributed by atoms with van der Waals surface area (Å²) in [5, 5.41) is 51.7. The third kappa shape index (κ3) is 6.67. The zero-order valence-electron chi connectivity index (χ0n) is 21.6. The highest BCUT2D eigenvalue weighted by Gasteiger charge is 2.58. The molecule has 0 amide bonds. The average Bonchev–Trinajstić information content (AvgIpc) is 3.08. The van der Waals surface area contributed by atoms with Crippen LogP contribution in [0.15, 0.2) is 48.5 Å². The highest BCUT2D eigenvalue weighted by molar-refractivity contribution is 6.30. The summed E-state index contributed by atoms with van der Waals surface area (Å²) in [6.07, 6.45) is -3.44. The molecule has 1 heterocycles. The predicted molar refractivity (Wildman–Crippen MR) is 147 cm³/mol. The van der Waals surface area contributed by atoms with Crippen molar-refractivity contribution in [3.8, 4) is 0 Å². The SMILES string of the molecule is CC(C)(C)C[C@@H]1N(CC[C@@H](O)[C@H](O)[C@H](O)CO)[C@@H](CO)[C@H](c2cccc(Cl)c2)[C@@]1(N)c1ccc(Cl)cc1. The van der Waals surface area contributed by atoms with E-state index in [1.165, 1.54) is 0 Å². The molecule has 0 unspecified atom stereocenters. The van der Waals surface area contributed by atoms with Crippen LogP contribution in [0, 0.1) is 5.41 Å². The molecule has 9 heteroatoms. The van der Waals surface area contributed by atoms with Crippen LogP contribution in [0.2, 0.25) is 10.0 Å². The van der Waals surface area contributed by atoms with Crippen molar-refractivity contribution in [2.75, 3.05) is 19.8 Å². The Kier molecular flexibility index (Phi) is 10.1. The van der Waals surface area contributed by atoms with E-state index < -0.39 is 36.5 Å². The second kappa shape index (κ2) is 12.3. The molecule has 7 atom stereocenters. The lowest BCUT2D eigenvalue weighted by atomic mass is 9.69. The van der Waals surface area contributed by atoms with Crippen LogP contribution < -0.4 is 5.73 Å². The smallest absolute Gasteiger partial charge is 0.108 e. The number of benzene rings is 2. The molecule has 0 saturated carbocycles. The summed E-state index contributed by atoms with van der Waals surface area (Å²) in [6, 6.07) is 14.3. The Labute approximate surface area is 229 Å². The van der Waals surface area contributed by atoms with Gasteiger partial charge in [-0.05, 0) is 53.6 Å². The van der Waals surface area contributed by atoms with Crippen molar-refractivity contribution >= 4 is 23.2 Å². The molecule has 7 N–H and O–H groups in total. The standard InChI is InChI=1S/C28H40Cl2N2O5/c1-27(2,3)14-24-28(31,18-7-9-19(29)10-8-18)25(17-5-4-6-20(30)13-17)21(15-33)32(24)12-11-22(35)26(37)23(36)16-34/h4-10,13,21-26,33-37H,11-12,14-16,31H2,1-3H3/t21-,22+,23+,24-,25-,26-,28+/m0/s1. The zero-order valence-corrected chi connectivity index (χ0v) is 23.1. The summed E-state index contributed by atoms with van der Waals surface area (Å²) in [5.74, 6) is -0.352. The van der Waals surface area contributed by atoms with E-state index in [2.05, 4.69) is 25.7 Å². The second-order valence-corrected chi connectivity index (χ2v) is 12.2. The molecule has 0 spiro atoms. The van der Waals surface area contributed by atoms with Gasteiger partial charge in [0.05, 0.1) is 24.9 Å². The number of nitrogens with two attached hydrogens (primary N) is 1. The van der Waals surface area contributed by atoms with Crippen LogP contribution in [0.4, 0.5) is 0 Å². The van der Waals surface area contributed by atoms with Gasteiger partial charge in [-0.3, -0.25) is 4.90 Å². The van der Waals surface area contributed by atoms with Crippen molar-refractivity contribution in [1.82, 2.24) is 4.90 Å². The number of nitrogens with zero attached hydrogens (tertiary/aromatic N) is 1. The maximum atomic E-state index is 10.7. The van der Waals surface area contributed by atoms with Gasteiger partial charge in [-0.1, -0.05) is 68.2 Å². The van der Waals surface area contributed by atoms with Crippen molar-refractivity contribution in [2.45, 2.75) is 75.5 Å². The Morgan fingerprint density at radius 2 is 1.62 bits per heavy atom. The number of rotatable bonds is 10. The third-order valence-electron chi connectivity index (χ3n) is 7.48. The van der Waals surface area contributed by atoms with Crippen LogP contribution in [-0.2, 0) is 5.54 Å². The summed E-state index contributed by atoms with van der Waals surface area (Å²) in [7, 11) is 0. The first-order chi connectivity index (χ1) is 17.3. The normalized spacial score (nSPS) is 27.3. The van der Waals surface area contributed by atoms with Crippen molar-refractivity contribution in [3.63, 3.8) is 0 Å². The van der Waals surface area contributed by atoms with Gasteiger partial charge in [-0.15, -0.1) is 0 Å².